The first kappa shape index (κ1) is 25.1. The molecule has 194 valence electrons. The van der Waals surface area contributed by atoms with E-state index in [1.54, 1.807) is 7.11 Å². The van der Waals surface area contributed by atoms with Crippen molar-refractivity contribution < 1.29 is 4.74 Å². The number of nitrogens with zero attached hydrogens (tertiary/aromatic N) is 5. The third-order valence-corrected chi connectivity index (χ3v) is 7.56. The van der Waals surface area contributed by atoms with Crippen LogP contribution in [-0.4, -0.2) is 37.2 Å². The van der Waals surface area contributed by atoms with Gasteiger partial charge < -0.3 is 9.72 Å². The Balaban J connectivity index is 1.52. The van der Waals surface area contributed by atoms with Crippen LogP contribution in [0.2, 0.25) is 0 Å². The van der Waals surface area contributed by atoms with Crippen molar-refractivity contribution in [1.29, 1.82) is 0 Å². The Morgan fingerprint density at radius 2 is 1.86 bits per heavy atom. The van der Waals surface area contributed by atoms with Crippen LogP contribution < -0.4 is 10.3 Å². The summed E-state index contributed by atoms with van der Waals surface area (Å²) in [4.78, 5) is 18.6. The van der Waals surface area contributed by atoms with Crippen LogP contribution in [0.15, 0.2) is 53.3 Å². The first-order chi connectivity index (χ1) is 18.1. The van der Waals surface area contributed by atoms with Gasteiger partial charge in [0.2, 0.25) is 0 Å². The Morgan fingerprint density at radius 3 is 2.59 bits per heavy atom. The Labute approximate surface area is 217 Å². The number of hydrogen-bond donors (Lipinski definition) is 1. The fourth-order valence-electron chi connectivity index (χ4n) is 5.56. The minimum Gasteiger partial charge on any atom is -0.497 e. The van der Waals surface area contributed by atoms with Crippen molar-refractivity contribution in [2.75, 3.05) is 7.11 Å². The number of rotatable bonds is 9. The summed E-state index contributed by atoms with van der Waals surface area (Å²) in [6.45, 7) is 5.38. The van der Waals surface area contributed by atoms with Crippen LogP contribution in [0.25, 0.3) is 10.9 Å². The first-order valence-corrected chi connectivity index (χ1v) is 13.3. The van der Waals surface area contributed by atoms with Crippen molar-refractivity contribution >= 4 is 10.9 Å². The van der Waals surface area contributed by atoms with E-state index in [1.807, 2.05) is 30.3 Å². The smallest absolute Gasteiger partial charge is 0.252 e. The van der Waals surface area contributed by atoms with Crippen LogP contribution >= 0.6 is 0 Å². The van der Waals surface area contributed by atoms with E-state index >= 15 is 0 Å². The average molecular weight is 501 g/mol. The maximum atomic E-state index is 13.2. The largest absolute Gasteiger partial charge is 0.497 e. The molecule has 0 saturated heterocycles. The summed E-state index contributed by atoms with van der Waals surface area (Å²) in [5.74, 6) is 1.71. The summed E-state index contributed by atoms with van der Waals surface area (Å²) in [6, 6.07) is 16.5. The fraction of sp³-hybridized carbons (Fsp3) is 0.448. The van der Waals surface area contributed by atoms with Crippen LogP contribution in [0, 0.1) is 6.92 Å². The van der Waals surface area contributed by atoms with Crippen molar-refractivity contribution in [2.24, 2.45) is 0 Å². The van der Waals surface area contributed by atoms with Crippen LogP contribution in [-0.2, 0) is 13.1 Å². The van der Waals surface area contributed by atoms with Gasteiger partial charge in [-0.15, -0.1) is 5.10 Å². The summed E-state index contributed by atoms with van der Waals surface area (Å²) in [5, 5.41) is 14.1. The molecule has 5 rings (SSSR count). The Morgan fingerprint density at radius 1 is 1.08 bits per heavy atom. The molecule has 1 N–H and O–H groups in total. The number of nitrogens with one attached hydrogen (secondary N) is 1. The Kier molecular flexibility index (Phi) is 7.65. The zero-order chi connectivity index (χ0) is 25.8. The number of methoxy groups -OCH3 is 1. The molecule has 1 saturated carbocycles. The summed E-state index contributed by atoms with van der Waals surface area (Å²) in [6.07, 6.45) is 6.74. The van der Waals surface area contributed by atoms with Gasteiger partial charge in [0.05, 0.1) is 19.2 Å². The second-order valence-electron chi connectivity index (χ2n) is 10.2. The molecular weight excluding hydrogens is 464 g/mol. The van der Waals surface area contributed by atoms with Gasteiger partial charge in [-0.25, -0.2) is 4.68 Å². The normalized spacial score (nSPS) is 15.4. The average Bonchev–Trinajstić information content (AvgIpc) is 3.40. The van der Waals surface area contributed by atoms with E-state index in [9.17, 15) is 4.79 Å². The topological polar surface area (TPSA) is 88.9 Å². The van der Waals surface area contributed by atoms with Crippen molar-refractivity contribution in [2.45, 2.75) is 77.5 Å². The number of pyridine rings is 1. The Hall–Kier alpha value is -3.52. The van der Waals surface area contributed by atoms with Crippen LogP contribution in [0.5, 0.6) is 5.75 Å². The second kappa shape index (κ2) is 11.3. The van der Waals surface area contributed by atoms with Crippen LogP contribution in [0.4, 0.5) is 0 Å². The highest BCUT2D eigenvalue weighted by Crippen LogP contribution is 2.33. The van der Waals surface area contributed by atoms with Crippen molar-refractivity contribution in [1.82, 2.24) is 30.1 Å². The number of benzene rings is 2. The zero-order valence-corrected chi connectivity index (χ0v) is 22.0. The van der Waals surface area contributed by atoms with E-state index in [0.717, 1.165) is 52.9 Å². The van der Waals surface area contributed by atoms with E-state index in [2.05, 4.69) is 62.1 Å². The third-order valence-electron chi connectivity index (χ3n) is 7.56. The summed E-state index contributed by atoms with van der Waals surface area (Å²) < 4.78 is 7.42. The minimum absolute atomic E-state index is 0.0355. The van der Waals surface area contributed by atoms with Crippen LogP contribution in [0.3, 0.4) is 0 Å². The van der Waals surface area contributed by atoms with Gasteiger partial charge in [0.25, 0.3) is 5.56 Å². The molecule has 0 unspecified atom stereocenters. The predicted molar refractivity (Wildman–Crippen MR) is 145 cm³/mol. The number of aromatic nitrogens is 5. The van der Waals surface area contributed by atoms with E-state index in [0.29, 0.717) is 19.1 Å². The number of tetrazole rings is 1. The molecule has 1 aliphatic rings. The fourth-order valence-corrected chi connectivity index (χ4v) is 5.56. The lowest BCUT2D eigenvalue weighted by Gasteiger charge is -2.32. The first-order valence-electron chi connectivity index (χ1n) is 13.3. The number of hydrogen-bond acceptors (Lipinski definition) is 6. The van der Waals surface area contributed by atoms with Gasteiger partial charge in [0.1, 0.15) is 5.75 Å². The lowest BCUT2D eigenvalue weighted by molar-refractivity contribution is 0.155. The monoisotopic (exact) mass is 500 g/mol. The van der Waals surface area contributed by atoms with Gasteiger partial charge >= 0.3 is 0 Å². The van der Waals surface area contributed by atoms with Gasteiger partial charge in [-0.2, -0.15) is 0 Å². The van der Waals surface area contributed by atoms with Crippen molar-refractivity contribution in [3.8, 4) is 5.75 Å². The van der Waals surface area contributed by atoms with E-state index in [1.165, 1.54) is 24.8 Å². The Bertz CT molecular complexity index is 1390. The van der Waals surface area contributed by atoms with Gasteiger partial charge in [-0.05, 0) is 77.9 Å². The number of H-pyrrole nitrogens is 1. The summed E-state index contributed by atoms with van der Waals surface area (Å²) in [5.41, 5.74) is 3.84. The molecule has 2 aromatic carbocycles. The molecule has 1 fully saturated rings. The maximum Gasteiger partial charge on any atom is 0.252 e. The van der Waals surface area contributed by atoms with E-state index < -0.39 is 0 Å². The predicted octanol–water partition coefficient (Wildman–Crippen LogP) is 5.49. The summed E-state index contributed by atoms with van der Waals surface area (Å²) >= 11 is 0. The third kappa shape index (κ3) is 5.59. The highest BCUT2D eigenvalue weighted by Gasteiger charge is 2.29. The highest BCUT2D eigenvalue weighted by atomic mass is 16.5. The molecule has 0 amide bonds. The summed E-state index contributed by atoms with van der Waals surface area (Å²) in [7, 11) is 1.67. The van der Waals surface area contributed by atoms with Crippen LogP contribution in [0.1, 0.15) is 80.0 Å². The molecule has 0 bridgehead atoms. The van der Waals surface area contributed by atoms with Crippen molar-refractivity contribution in [3.05, 3.63) is 81.4 Å². The molecule has 1 atom stereocenters. The minimum atomic E-state index is -0.0576. The molecule has 8 nitrogen and oxygen atoms in total. The molecule has 8 heteroatoms. The molecule has 0 radical (unpaired) electrons. The zero-order valence-electron chi connectivity index (χ0n) is 22.0. The lowest BCUT2D eigenvalue weighted by Crippen LogP contribution is -2.33. The van der Waals surface area contributed by atoms with Crippen molar-refractivity contribution in [3.63, 3.8) is 0 Å². The number of aromatic amines is 1. The molecular formula is C29H36N6O2. The molecule has 2 aromatic heterocycles. The number of fused-ring (bicyclic) bond motifs is 1. The van der Waals surface area contributed by atoms with Gasteiger partial charge in [0.15, 0.2) is 5.82 Å². The molecule has 4 aromatic rings. The maximum absolute atomic E-state index is 13.2. The molecule has 0 aliphatic heterocycles. The highest BCUT2D eigenvalue weighted by molar-refractivity contribution is 5.79. The standard InChI is InChI=1S/C29H36N6O2/c1-4-27(28-31-32-33-35(28)24-8-6-5-7-9-24)34(18-21-11-13-25(37-3)14-12-21)19-23-17-22-16-20(2)10-15-26(22)30-29(23)36/h10-17,24,27H,4-9,18-19H2,1-3H3,(H,30,36)/t27-/m0/s1. The van der Waals surface area contributed by atoms with Gasteiger partial charge in [-0.3, -0.25) is 9.69 Å². The molecule has 0 spiro atoms. The van der Waals surface area contributed by atoms with E-state index in [4.69, 9.17) is 4.74 Å². The molecule has 1 aliphatic carbocycles. The lowest BCUT2D eigenvalue weighted by atomic mass is 9.95. The number of ether oxygens (including phenoxy) is 1. The number of aryl methyl sites for hydroxylation is 1. The van der Waals surface area contributed by atoms with Gasteiger partial charge in [-0.1, -0.05) is 49.9 Å². The second-order valence-corrected chi connectivity index (χ2v) is 10.2. The molecule has 2 heterocycles. The van der Waals surface area contributed by atoms with Gasteiger partial charge in [0, 0.05) is 24.2 Å². The quantitative estimate of drug-likeness (QED) is 0.327. The SMILES string of the molecule is CC[C@@H](c1nnnn1C1CCCCC1)N(Cc1ccc(OC)cc1)Cc1cc2cc(C)ccc2[nH]c1=O. The van der Waals surface area contributed by atoms with E-state index in [-0.39, 0.29) is 11.6 Å². The molecule has 37 heavy (non-hydrogen) atoms.